The van der Waals surface area contributed by atoms with Gasteiger partial charge in [-0.15, -0.1) is 11.3 Å². The van der Waals surface area contributed by atoms with E-state index in [1.165, 1.54) is 11.3 Å². The molecule has 0 radical (unpaired) electrons. The fraction of sp³-hybridized carbons (Fsp3) is 0.550. The van der Waals surface area contributed by atoms with E-state index in [0.717, 1.165) is 33.6 Å². The van der Waals surface area contributed by atoms with Crippen LogP contribution in [-0.2, 0) is 16.0 Å². The molecule has 1 aromatic heterocycles. The minimum absolute atomic E-state index is 0.0170. The first kappa shape index (κ1) is 20.1. The van der Waals surface area contributed by atoms with Crippen LogP contribution < -0.4 is 0 Å². The van der Waals surface area contributed by atoms with Crippen molar-refractivity contribution in [3.63, 3.8) is 0 Å². The van der Waals surface area contributed by atoms with Crippen molar-refractivity contribution >= 4 is 45.0 Å². The lowest BCUT2D eigenvalue weighted by molar-refractivity contribution is -0.124. The third-order valence-corrected chi connectivity index (χ3v) is 6.05. The van der Waals surface area contributed by atoms with Crippen molar-refractivity contribution < 1.29 is 14.3 Å². The highest BCUT2D eigenvalue weighted by molar-refractivity contribution is 7.18. The SMILES string of the molecule is Cc1c(Cl)ccc2sc(CC(=O)[C@@H]3CCCCN3C(=O)OC(C)(C)C)nc12. The number of carbonyl (C=O) groups excluding carboxylic acids is 2. The number of Topliss-reactive ketones (excluding diaryl/α,β-unsaturated/α-hetero) is 1. The Hall–Kier alpha value is -1.66. The number of fused-ring (bicyclic) bond motifs is 1. The van der Waals surface area contributed by atoms with Crippen molar-refractivity contribution in [2.45, 2.75) is 65.0 Å². The first-order valence-corrected chi connectivity index (χ1v) is 10.4. The predicted molar refractivity (Wildman–Crippen MR) is 109 cm³/mol. The van der Waals surface area contributed by atoms with Crippen LogP contribution in [0, 0.1) is 6.92 Å². The highest BCUT2D eigenvalue weighted by Crippen LogP contribution is 2.30. The zero-order valence-corrected chi connectivity index (χ0v) is 17.7. The Bertz CT molecular complexity index is 872. The summed E-state index contributed by atoms with van der Waals surface area (Å²) in [6.07, 6.45) is 2.31. The van der Waals surface area contributed by atoms with Crippen LogP contribution in [0.15, 0.2) is 12.1 Å². The monoisotopic (exact) mass is 408 g/mol. The molecule has 27 heavy (non-hydrogen) atoms. The second-order valence-corrected chi connectivity index (χ2v) is 9.48. The van der Waals surface area contributed by atoms with Crippen molar-refractivity contribution in [3.8, 4) is 0 Å². The number of aryl methyl sites for hydroxylation is 1. The van der Waals surface area contributed by atoms with Gasteiger partial charge in [0.05, 0.1) is 22.7 Å². The minimum Gasteiger partial charge on any atom is -0.444 e. The highest BCUT2D eigenvalue weighted by Gasteiger charge is 2.34. The van der Waals surface area contributed by atoms with E-state index in [2.05, 4.69) is 4.98 Å². The summed E-state index contributed by atoms with van der Waals surface area (Å²) in [5, 5.41) is 1.43. The summed E-state index contributed by atoms with van der Waals surface area (Å²) >= 11 is 7.68. The number of hydrogen-bond acceptors (Lipinski definition) is 5. The second kappa shape index (κ2) is 7.76. The molecule has 1 fully saturated rings. The molecule has 1 aliphatic rings. The van der Waals surface area contributed by atoms with Crippen LogP contribution in [-0.4, -0.2) is 39.9 Å². The van der Waals surface area contributed by atoms with Gasteiger partial charge in [-0.05, 0) is 64.7 Å². The fourth-order valence-corrected chi connectivity index (χ4v) is 4.48. The van der Waals surface area contributed by atoms with Crippen molar-refractivity contribution in [2.75, 3.05) is 6.54 Å². The molecular weight excluding hydrogens is 384 g/mol. The van der Waals surface area contributed by atoms with Crippen molar-refractivity contribution in [2.24, 2.45) is 0 Å². The van der Waals surface area contributed by atoms with E-state index in [4.69, 9.17) is 16.3 Å². The zero-order chi connectivity index (χ0) is 19.8. The van der Waals surface area contributed by atoms with Crippen LogP contribution >= 0.6 is 22.9 Å². The Kier molecular flexibility index (Phi) is 5.77. The number of piperidine rings is 1. The Morgan fingerprint density at radius 2 is 2.07 bits per heavy atom. The van der Waals surface area contributed by atoms with Gasteiger partial charge in [-0.3, -0.25) is 9.69 Å². The van der Waals surface area contributed by atoms with Gasteiger partial charge in [-0.2, -0.15) is 0 Å². The Morgan fingerprint density at radius 3 is 2.78 bits per heavy atom. The van der Waals surface area contributed by atoms with E-state index in [9.17, 15) is 9.59 Å². The third-order valence-electron chi connectivity index (χ3n) is 4.62. The molecule has 146 valence electrons. The number of thiazole rings is 1. The maximum Gasteiger partial charge on any atom is 0.410 e. The summed E-state index contributed by atoms with van der Waals surface area (Å²) in [4.78, 5) is 31.7. The van der Waals surface area contributed by atoms with Crippen molar-refractivity contribution in [3.05, 3.63) is 27.7 Å². The maximum atomic E-state index is 13.0. The molecule has 1 aromatic carbocycles. The summed E-state index contributed by atoms with van der Waals surface area (Å²) in [7, 11) is 0. The van der Waals surface area contributed by atoms with Gasteiger partial charge in [0.2, 0.25) is 0 Å². The first-order chi connectivity index (χ1) is 12.7. The molecule has 0 spiro atoms. The van der Waals surface area contributed by atoms with Crippen LogP contribution in [0.1, 0.15) is 50.6 Å². The molecule has 0 unspecified atom stereocenters. The normalized spacial score (nSPS) is 18.0. The van der Waals surface area contributed by atoms with Crippen LogP contribution in [0.4, 0.5) is 4.79 Å². The lowest BCUT2D eigenvalue weighted by atomic mass is 9.97. The van der Waals surface area contributed by atoms with Crippen molar-refractivity contribution in [1.82, 2.24) is 9.88 Å². The largest absolute Gasteiger partial charge is 0.444 e. The molecule has 0 saturated carbocycles. The highest BCUT2D eigenvalue weighted by atomic mass is 35.5. The molecule has 0 bridgehead atoms. The number of aromatic nitrogens is 1. The van der Waals surface area contributed by atoms with E-state index in [0.29, 0.717) is 18.0 Å². The Morgan fingerprint density at radius 1 is 1.33 bits per heavy atom. The number of hydrogen-bond donors (Lipinski definition) is 0. The van der Waals surface area contributed by atoms with Crippen LogP contribution in [0.3, 0.4) is 0 Å². The number of ether oxygens (including phenoxy) is 1. The summed E-state index contributed by atoms with van der Waals surface area (Å²) < 4.78 is 6.51. The standard InChI is InChI=1S/C20H25ClN2O3S/c1-12-13(21)8-9-16-18(12)22-17(27-16)11-15(24)14-7-5-6-10-23(14)19(25)26-20(2,3)4/h8-9,14H,5-7,10-11H2,1-4H3/t14-/m0/s1. The van der Waals surface area contributed by atoms with Crippen LogP contribution in [0.2, 0.25) is 5.02 Å². The molecule has 3 rings (SSSR count). The molecule has 0 N–H and O–H groups in total. The third kappa shape index (κ3) is 4.61. The molecule has 5 nitrogen and oxygen atoms in total. The van der Waals surface area contributed by atoms with Crippen molar-refractivity contribution in [1.29, 1.82) is 0 Å². The predicted octanol–water partition coefficient (Wildman–Crippen LogP) is 5.16. The van der Waals surface area contributed by atoms with Gasteiger partial charge in [0.1, 0.15) is 10.6 Å². The Balaban J connectivity index is 1.77. The van der Waals surface area contributed by atoms with Gasteiger partial charge >= 0.3 is 6.09 Å². The molecule has 1 aliphatic heterocycles. The number of halogens is 1. The quantitative estimate of drug-likeness (QED) is 0.703. The first-order valence-electron chi connectivity index (χ1n) is 9.22. The average molecular weight is 409 g/mol. The summed E-state index contributed by atoms with van der Waals surface area (Å²) in [5.74, 6) is 0.0170. The molecular formula is C20H25ClN2O3S. The molecule has 2 heterocycles. The van der Waals surface area contributed by atoms with Gasteiger partial charge in [-0.25, -0.2) is 9.78 Å². The average Bonchev–Trinajstić information content (AvgIpc) is 3.00. The molecule has 7 heteroatoms. The van der Waals surface area contributed by atoms with E-state index < -0.39 is 17.7 Å². The number of carbonyl (C=O) groups is 2. The van der Waals surface area contributed by atoms with Gasteiger partial charge < -0.3 is 4.74 Å². The van der Waals surface area contributed by atoms with Gasteiger partial charge in [-0.1, -0.05) is 11.6 Å². The number of amides is 1. The van der Waals surface area contributed by atoms with E-state index in [1.54, 1.807) is 4.90 Å². The summed E-state index contributed by atoms with van der Waals surface area (Å²) in [6.45, 7) is 7.99. The van der Waals surface area contributed by atoms with Gasteiger partial charge in [0.25, 0.3) is 0 Å². The molecule has 0 aliphatic carbocycles. The molecule has 2 aromatic rings. The summed E-state index contributed by atoms with van der Waals surface area (Å²) in [5.41, 5.74) is 1.20. The maximum absolute atomic E-state index is 13.0. The number of likely N-dealkylation sites (tertiary alicyclic amines) is 1. The number of benzene rings is 1. The number of nitrogens with zero attached hydrogens (tertiary/aromatic N) is 2. The molecule has 1 atom stereocenters. The smallest absolute Gasteiger partial charge is 0.410 e. The molecule has 1 amide bonds. The lowest BCUT2D eigenvalue weighted by Crippen LogP contribution is -2.50. The summed E-state index contributed by atoms with van der Waals surface area (Å²) in [6, 6.07) is 3.35. The van der Waals surface area contributed by atoms with E-state index in [-0.39, 0.29) is 12.2 Å². The van der Waals surface area contributed by atoms with E-state index >= 15 is 0 Å². The van der Waals surface area contributed by atoms with E-state index in [1.807, 2.05) is 39.8 Å². The minimum atomic E-state index is -0.577. The van der Waals surface area contributed by atoms with Crippen LogP contribution in [0.25, 0.3) is 10.2 Å². The molecule has 1 saturated heterocycles. The second-order valence-electron chi connectivity index (χ2n) is 7.96. The van der Waals surface area contributed by atoms with Crippen LogP contribution in [0.5, 0.6) is 0 Å². The van der Waals surface area contributed by atoms with Gasteiger partial charge in [0.15, 0.2) is 5.78 Å². The topological polar surface area (TPSA) is 59.5 Å². The zero-order valence-electron chi connectivity index (χ0n) is 16.2. The number of rotatable bonds is 3. The number of ketones is 1. The lowest BCUT2D eigenvalue weighted by Gasteiger charge is -2.35. The fourth-order valence-electron chi connectivity index (χ4n) is 3.29. The van der Waals surface area contributed by atoms with Gasteiger partial charge in [0, 0.05) is 11.6 Å². The Labute approximate surface area is 168 Å².